The van der Waals surface area contributed by atoms with Crippen molar-refractivity contribution in [1.29, 1.82) is 0 Å². The van der Waals surface area contributed by atoms with Crippen molar-refractivity contribution in [3.8, 4) is 0 Å². The zero-order valence-corrected chi connectivity index (χ0v) is 35.3. The Bertz CT molecular complexity index is 1540. The molecule has 54 heavy (non-hydrogen) atoms. The fourth-order valence-electron chi connectivity index (χ4n) is 17.1. The molecule has 1 aromatic carbocycles. The monoisotopic (exact) mass is 745 g/mol. The number of hydrogen-bond acceptors (Lipinski definition) is 4. The smallest absolute Gasteiger partial charge is 0.309 e. The van der Waals surface area contributed by atoms with Gasteiger partial charge in [0, 0.05) is 24.9 Å². The minimum Gasteiger partial charge on any atom is -0.481 e. The molecule has 7 aliphatic rings. The Balaban J connectivity index is 1.21. The number of aliphatic carboxylic acids is 1. The summed E-state index contributed by atoms with van der Waals surface area (Å²) in [6.07, 6.45) is 22.7. The molecule has 0 radical (unpaired) electrons. The van der Waals surface area contributed by atoms with Crippen LogP contribution in [0.2, 0.25) is 0 Å². The zero-order valence-electron chi connectivity index (χ0n) is 35.3. The number of ether oxygens (including phenoxy) is 2. The number of carbonyl (C=O) groups is 1. The van der Waals surface area contributed by atoms with Crippen molar-refractivity contribution >= 4 is 5.97 Å². The average molecular weight is 745 g/mol. The predicted octanol–water partition coefficient (Wildman–Crippen LogP) is 11.4. The molecule has 8 rings (SSSR count). The van der Waals surface area contributed by atoms with Crippen molar-refractivity contribution in [1.82, 2.24) is 0 Å². The molecule has 0 unspecified atom stereocenters. The normalized spacial score (nSPS) is 48.8. The second-order valence-corrected chi connectivity index (χ2v) is 21.7. The molecule has 5 nitrogen and oxygen atoms in total. The van der Waals surface area contributed by atoms with E-state index in [1.165, 1.54) is 88.2 Å². The highest BCUT2D eigenvalue weighted by atomic mass is 16.6. The highest BCUT2D eigenvalue weighted by Gasteiger charge is 2.80. The van der Waals surface area contributed by atoms with Crippen LogP contribution in [0, 0.1) is 68.0 Å². The Hall–Kier alpha value is -1.43. The van der Waals surface area contributed by atoms with Gasteiger partial charge in [0.15, 0.2) is 5.79 Å². The number of rotatable bonds is 13. The third kappa shape index (κ3) is 5.48. The molecule has 6 saturated carbocycles. The maximum atomic E-state index is 13.0. The van der Waals surface area contributed by atoms with Crippen LogP contribution in [-0.4, -0.2) is 41.8 Å². The summed E-state index contributed by atoms with van der Waals surface area (Å²) in [4.78, 5) is 13.0. The van der Waals surface area contributed by atoms with E-state index >= 15 is 0 Å². The van der Waals surface area contributed by atoms with Crippen LogP contribution in [-0.2, 0) is 27.1 Å². The van der Waals surface area contributed by atoms with E-state index in [9.17, 15) is 15.0 Å². The van der Waals surface area contributed by atoms with Crippen LogP contribution >= 0.6 is 0 Å². The molecule has 0 amide bonds. The maximum Gasteiger partial charge on any atom is 0.309 e. The molecule has 1 heterocycles. The third-order valence-corrected chi connectivity index (χ3v) is 19.5. The summed E-state index contributed by atoms with van der Waals surface area (Å²) >= 11 is 0. The van der Waals surface area contributed by atoms with Crippen molar-refractivity contribution in [3.05, 3.63) is 35.4 Å². The first-order chi connectivity index (χ1) is 25.7. The van der Waals surface area contributed by atoms with Gasteiger partial charge < -0.3 is 19.7 Å². The van der Waals surface area contributed by atoms with E-state index < -0.39 is 17.2 Å². The third-order valence-electron chi connectivity index (χ3n) is 19.5. The maximum absolute atomic E-state index is 13.0. The second kappa shape index (κ2) is 13.9. The molecular formula is C49H76O5. The number of carboxylic acid groups (broad SMARTS) is 1. The lowest BCUT2D eigenvalue weighted by molar-refractivity contribution is -0.316. The summed E-state index contributed by atoms with van der Waals surface area (Å²) in [5.74, 6) is 1.43. The first-order valence-electron chi connectivity index (χ1n) is 22.9. The van der Waals surface area contributed by atoms with Gasteiger partial charge in [-0.1, -0.05) is 91.0 Å². The predicted molar refractivity (Wildman–Crippen MR) is 216 cm³/mol. The number of unbranched alkanes of at least 4 members (excludes halogenated alkanes) is 3. The van der Waals surface area contributed by atoms with Crippen LogP contribution in [0.25, 0.3) is 0 Å². The van der Waals surface area contributed by atoms with E-state index in [1.807, 2.05) is 0 Å². The van der Waals surface area contributed by atoms with E-state index in [1.54, 1.807) is 7.11 Å². The van der Waals surface area contributed by atoms with Gasteiger partial charge in [0.1, 0.15) is 0 Å². The molecule has 1 aliphatic heterocycles. The molecule has 6 aliphatic carbocycles. The Morgan fingerprint density at radius 2 is 1.59 bits per heavy atom. The Morgan fingerprint density at radius 3 is 2.30 bits per heavy atom. The second-order valence-electron chi connectivity index (χ2n) is 21.7. The van der Waals surface area contributed by atoms with E-state index in [0.29, 0.717) is 29.6 Å². The quantitative estimate of drug-likeness (QED) is 0.197. The Labute approximate surface area is 328 Å². The lowest BCUT2D eigenvalue weighted by Crippen LogP contribution is -2.74. The summed E-state index contributed by atoms with van der Waals surface area (Å²) in [5, 5.41) is 23.4. The summed E-state index contributed by atoms with van der Waals surface area (Å²) < 4.78 is 12.6. The number of fused-ring (bicyclic) bond motifs is 5. The molecule has 7 fully saturated rings. The highest BCUT2D eigenvalue weighted by molar-refractivity contribution is 5.74. The van der Waals surface area contributed by atoms with Crippen LogP contribution in [0.3, 0.4) is 0 Å². The van der Waals surface area contributed by atoms with Gasteiger partial charge in [-0.3, -0.25) is 4.79 Å². The van der Waals surface area contributed by atoms with Gasteiger partial charge in [0.25, 0.3) is 0 Å². The standard InChI is InChI=1S/C49H76O5/c1-8-10-11-12-22-47-31-36-19-18-35-30-49(52)38(13-9-2)48(40(54-49)29-34-16-14-33(15-17-34)21-28-53-7)23-20-37(46(36,6)41(35)48)45(47,5)27-26-43(3)24-25-44(4,42(50)51)32-39(43)47/h14-17,35-41,52H,8-13,18-32H2,1-7H3,(H,50,51)/t35-,36-,37+,38+,39+,40+,41-,43+,44+,45+,46+,47-,48+,49-/m0/s1. The summed E-state index contributed by atoms with van der Waals surface area (Å²) in [7, 11) is 1.77. The molecule has 2 bridgehead atoms. The average Bonchev–Trinajstić information content (AvgIpc) is 3.27. The van der Waals surface area contributed by atoms with Crippen molar-refractivity contribution in [3.63, 3.8) is 0 Å². The SMILES string of the molecule is CCCCCC[C@@]12C[C@@H]3CC[C@H]4C[C@]5(O)O[C@H](Cc6ccc(CCOC)cc6)[C@@]6(CC[C@@H]([C@]3(C)[C@H]46)[C@@]1(C)CC[C@@]1(C)CC[C@@](C)(C(=O)O)C[C@H]12)[C@H]5CCC. The molecule has 2 N–H and O–H groups in total. The van der Waals surface area contributed by atoms with Crippen LogP contribution < -0.4 is 0 Å². The van der Waals surface area contributed by atoms with Crippen molar-refractivity contribution in [2.24, 2.45) is 68.0 Å². The highest BCUT2D eigenvalue weighted by Crippen LogP contribution is 2.84. The van der Waals surface area contributed by atoms with Crippen molar-refractivity contribution in [2.45, 2.75) is 182 Å². The minimum atomic E-state index is -1.02. The van der Waals surface area contributed by atoms with Crippen molar-refractivity contribution in [2.75, 3.05) is 13.7 Å². The van der Waals surface area contributed by atoms with Gasteiger partial charge >= 0.3 is 5.97 Å². The van der Waals surface area contributed by atoms with Crippen LogP contribution in [0.15, 0.2) is 24.3 Å². The Kier molecular flexibility index (Phi) is 10.1. The van der Waals surface area contributed by atoms with E-state index in [0.717, 1.165) is 58.0 Å². The molecule has 14 atom stereocenters. The topological polar surface area (TPSA) is 76.0 Å². The van der Waals surface area contributed by atoms with Gasteiger partial charge in [-0.2, -0.15) is 0 Å². The number of carboxylic acids is 1. The molecule has 0 aromatic heterocycles. The van der Waals surface area contributed by atoms with E-state index in [-0.39, 0.29) is 39.1 Å². The first kappa shape index (κ1) is 39.4. The van der Waals surface area contributed by atoms with Crippen molar-refractivity contribution < 1.29 is 24.5 Å². The van der Waals surface area contributed by atoms with E-state index in [2.05, 4.69) is 65.8 Å². The Morgan fingerprint density at radius 1 is 0.852 bits per heavy atom. The zero-order chi connectivity index (χ0) is 38.4. The summed E-state index contributed by atoms with van der Waals surface area (Å²) in [6.45, 7) is 15.6. The summed E-state index contributed by atoms with van der Waals surface area (Å²) in [6, 6.07) is 9.21. The van der Waals surface area contributed by atoms with Gasteiger partial charge in [-0.05, 0) is 159 Å². The minimum absolute atomic E-state index is 0.0142. The molecule has 1 aromatic rings. The van der Waals surface area contributed by atoms with Gasteiger partial charge in [-0.15, -0.1) is 0 Å². The number of hydrogen-bond donors (Lipinski definition) is 2. The first-order valence-corrected chi connectivity index (χ1v) is 22.9. The molecule has 1 spiro atoms. The fraction of sp³-hybridized carbons (Fsp3) is 0.857. The van der Waals surface area contributed by atoms with Crippen LogP contribution in [0.4, 0.5) is 0 Å². The van der Waals surface area contributed by atoms with Gasteiger partial charge in [-0.25, -0.2) is 0 Å². The van der Waals surface area contributed by atoms with Gasteiger partial charge in [0.2, 0.25) is 0 Å². The lowest BCUT2D eigenvalue weighted by Gasteiger charge is -2.79. The van der Waals surface area contributed by atoms with E-state index in [4.69, 9.17) is 9.47 Å². The van der Waals surface area contributed by atoms with Crippen LogP contribution in [0.5, 0.6) is 0 Å². The largest absolute Gasteiger partial charge is 0.481 e. The number of aliphatic hydroxyl groups is 1. The number of methoxy groups -OCH3 is 1. The molecule has 302 valence electrons. The number of benzene rings is 1. The summed E-state index contributed by atoms with van der Waals surface area (Å²) in [5.41, 5.74) is 2.83. The molecule has 5 heteroatoms. The van der Waals surface area contributed by atoms with Crippen LogP contribution in [0.1, 0.15) is 168 Å². The molecule has 1 saturated heterocycles. The lowest BCUT2D eigenvalue weighted by atomic mass is 9.25. The fourth-order valence-corrected chi connectivity index (χ4v) is 17.1. The molecular weight excluding hydrogens is 669 g/mol. The van der Waals surface area contributed by atoms with Gasteiger partial charge in [0.05, 0.1) is 18.1 Å².